The van der Waals surface area contributed by atoms with Crippen LogP contribution in [-0.4, -0.2) is 75.5 Å². The van der Waals surface area contributed by atoms with Crippen molar-refractivity contribution in [3.63, 3.8) is 0 Å². The zero-order valence-electron chi connectivity index (χ0n) is 21.2. The van der Waals surface area contributed by atoms with Gasteiger partial charge in [-0.05, 0) is 31.4 Å². The van der Waals surface area contributed by atoms with E-state index in [-0.39, 0.29) is 31.3 Å². The molecule has 0 fully saturated rings. The van der Waals surface area contributed by atoms with E-state index in [9.17, 15) is 9.59 Å². The van der Waals surface area contributed by atoms with E-state index in [4.69, 9.17) is 38.1 Å². The van der Waals surface area contributed by atoms with E-state index in [1.165, 1.54) is 18.3 Å². The van der Waals surface area contributed by atoms with Crippen LogP contribution in [0.25, 0.3) is 23.0 Å². The number of nitrogens with zero attached hydrogens (tertiary/aromatic N) is 3. The fraction of sp³-hybridized carbons (Fsp3) is 0.320. The van der Waals surface area contributed by atoms with Gasteiger partial charge in [-0.25, -0.2) is 4.68 Å². The lowest BCUT2D eigenvalue weighted by atomic mass is 9.48. The summed E-state index contributed by atoms with van der Waals surface area (Å²) in [5, 5.41) is 9.20. The maximum absolute atomic E-state index is 13.8. The summed E-state index contributed by atoms with van der Waals surface area (Å²) < 4.78 is 13.4. The van der Waals surface area contributed by atoms with Crippen LogP contribution in [0.4, 0.5) is 0 Å². The predicted molar refractivity (Wildman–Crippen MR) is 147 cm³/mol. The van der Waals surface area contributed by atoms with Crippen molar-refractivity contribution in [1.82, 2.24) is 20.0 Å². The van der Waals surface area contributed by atoms with Gasteiger partial charge in [0.15, 0.2) is 5.69 Å². The molecule has 3 heterocycles. The Hall–Kier alpha value is -3.40. The van der Waals surface area contributed by atoms with Crippen molar-refractivity contribution in [3.8, 4) is 28.4 Å². The van der Waals surface area contributed by atoms with Crippen LogP contribution >= 0.6 is 11.3 Å². The Morgan fingerprint density at radius 2 is 2.05 bits per heavy atom. The predicted octanol–water partition coefficient (Wildman–Crippen LogP) is 2.62. The number of carbonyl (C=O) groups is 2. The third-order valence-electron chi connectivity index (χ3n) is 5.76. The molecule has 0 spiro atoms. The maximum atomic E-state index is 13.8. The van der Waals surface area contributed by atoms with Crippen LogP contribution in [0.15, 0.2) is 34.5 Å². The van der Waals surface area contributed by atoms with Crippen molar-refractivity contribution in [2.75, 3.05) is 20.2 Å². The van der Waals surface area contributed by atoms with Crippen LogP contribution in [-0.2, 0) is 11.4 Å². The number of rotatable bonds is 8. The fourth-order valence-corrected chi connectivity index (χ4v) is 4.79. The van der Waals surface area contributed by atoms with Crippen LogP contribution in [0.3, 0.4) is 0 Å². The van der Waals surface area contributed by atoms with Gasteiger partial charge in [0.1, 0.15) is 18.1 Å². The topological polar surface area (TPSA) is 85.7 Å². The van der Waals surface area contributed by atoms with Gasteiger partial charge in [0.25, 0.3) is 5.91 Å². The molecule has 184 valence electrons. The van der Waals surface area contributed by atoms with E-state index in [0.717, 1.165) is 27.3 Å². The number of ether oxygens (including phenoxy) is 2. The Balaban J connectivity index is 1.88. The fourth-order valence-electron chi connectivity index (χ4n) is 4.18. The van der Waals surface area contributed by atoms with Gasteiger partial charge in [-0.3, -0.25) is 9.59 Å². The Morgan fingerprint density at radius 1 is 1.30 bits per heavy atom. The first kappa shape index (κ1) is 26.7. The number of methoxy groups -OCH3 is 1. The van der Waals surface area contributed by atoms with Gasteiger partial charge in [-0.2, -0.15) is 16.4 Å². The molecule has 0 atom stereocenters. The van der Waals surface area contributed by atoms with E-state index in [1.807, 2.05) is 48.9 Å². The van der Waals surface area contributed by atoms with E-state index < -0.39 is 11.1 Å². The zero-order chi connectivity index (χ0) is 26.9. The molecule has 0 saturated heterocycles. The van der Waals surface area contributed by atoms with Crippen LogP contribution in [0.1, 0.15) is 42.4 Å². The number of amides is 2. The minimum atomic E-state index is -1.98. The number of fused-ring (bicyclic) bond motifs is 3. The molecule has 2 amide bonds. The average molecular weight is 510 g/mol. The van der Waals surface area contributed by atoms with Gasteiger partial charge < -0.3 is 19.7 Å². The molecule has 1 aliphatic heterocycles. The molecule has 0 saturated carbocycles. The smallest absolute Gasteiger partial charge is 0.273 e. The van der Waals surface area contributed by atoms with Gasteiger partial charge in [-0.1, -0.05) is 16.9 Å². The molecule has 3 aromatic rings. The van der Waals surface area contributed by atoms with Crippen LogP contribution < -0.4 is 14.8 Å². The third kappa shape index (κ3) is 5.49. The standard InChI is InChI=1S/C25H25B3N4O4S/c1-14(2)9-16-10-18-21(11-20(16)35-4)36-12-19-22(30-32(23(18)19)17-5-8-37-13-17)24(34)31(25(26,27)28)7-6-29-15(3)33/h5,8-11,13H,6-7,12H2,1-4H3,(H,29,33). The number of thiophene rings is 1. The first-order valence-corrected chi connectivity index (χ1v) is 12.5. The lowest BCUT2D eigenvalue weighted by Gasteiger charge is -2.37. The van der Waals surface area contributed by atoms with Crippen molar-refractivity contribution in [2.45, 2.75) is 32.6 Å². The SMILES string of the molecule is [B]C([B])([B])N(CCNC(C)=O)C(=O)c1nn(-c2ccsc2)c2c1COc1cc(OC)c(C=C(C)C)cc1-2. The summed E-state index contributed by atoms with van der Waals surface area (Å²) in [6.45, 7) is 5.57. The molecule has 12 heteroatoms. The second kappa shape index (κ2) is 10.5. The Morgan fingerprint density at radius 3 is 2.65 bits per heavy atom. The third-order valence-corrected chi connectivity index (χ3v) is 6.43. The molecule has 0 bridgehead atoms. The molecule has 2 aromatic heterocycles. The number of hydrogen-bond acceptors (Lipinski definition) is 6. The van der Waals surface area contributed by atoms with Crippen LogP contribution in [0.5, 0.6) is 11.5 Å². The molecular weight excluding hydrogens is 485 g/mol. The average Bonchev–Trinajstić information content (AvgIpc) is 3.47. The summed E-state index contributed by atoms with van der Waals surface area (Å²) >= 11 is 1.51. The summed E-state index contributed by atoms with van der Waals surface area (Å²) in [7, 11) is 19.5. The number of hydrogen-bond donors (Lipinski definition) is 1. The molecule has 37 heavy (non-hydrogen) atoms. The highest BCUT2D eigenvalue weighted by molar-refractivity contribution is 7.08. The molecule has 1 aliphatic rings. The van der Waals surface area contributed by atoms with Crippen molar-refractivity contribution in [1.29, 1.82) is 0 Å². The summed E-state index contributed by atoms with van der Waals surface area (Å²) in [6.07, 6.45) is 2.01. The molecule has 1 aromatic carbocycles. The number of carbonyl (C=O) groups excluding carboxylic acids is 2. The minimum Gasteiger partial charge on any atom is -0.496 e. The lowest BCUT2D eigenvalue weighted by Crippen LogP contribution is -2.56. The largest absolute Gasteiger partial charge is 0.496 e. The lowest BCUT2D eigenvalue weighted by molar-refractivity contribution is -0.119. The van der Waals surface area contributed by atoms with Crippen LogP contribution in [0.2, 0.25) is 0 Å². The Bertz CT molecular complexity index is 1360. The number of benzene rings is 1. The van der Waals surface area contributed by atoms with Gasteiger partial charge >= 0.3 is 0 Å². The molecule has 0 aliphatic carbocycles. The summed E-state index contributed by atoms with van der Waals surface area (Å²) in [5.74, 6) is 0.451. The van der Waals surface area contributed by atoms with E-state index in [1.54, 1.807) is 11.8 Å². The van der Waals surface area contributed by atoms with Gasteiger partial charge in [0, 0.05) is 48.2 Å². The first-order valence-electron chi connectivity index (χ1n) is 11.6. The van der Waals surface area contributed by atoms with Crippen molar-refractivity contribution in [2.24, 2.45) is 0 Å². The molecular formula is C25H25B3N4O4S. The zero-order valence-corrected chi connectivity index (χ0v) is 22.0. The summed E-state index contributed by atoms with van der Waals surface area (Å²) in [6, 6.07) is 5.71. The van der Waals surface area contributed by atoms with E-state index in [0.29, 0.717) is 22.8 Å². The minimum absolute atomic E-state index is 0.0125. The first-order chi connectivity index (χ1) is 17.5. The molecule has 8 nitrogen and oxygen atoms in total. The van der Waals surface area contributed by atoms with E-state index >= 15 is 0 Å². The summed E-state index contributed by atoms with van der Waals surface area (Å²) in [4.78, 5) is 26.2. The molecule has 4 rings (SSSR count). The van der Waals surface area contributed by atoms with Gasteiger partial charge in [0.2, 0.25) is 5.91 Å². The second-order valence-corrected chi connectivity index (χ2v) is 9.78. The monoisotopic (exact) mass is 510 g/mol. The highest BCUT2D eigenvalue weighted by atomic mass is 32.1. The molecule has 6 radical (unpaired) electrons. The Labute approximate surface area is 224 Å². The maximum Gasteiger partial charge on any atom is 0.273 e. The van der Waals surface area contributed by atoms with Crippen LogP contribution in [0, 0.1) is 0 Å². The number of nitrogens with one attached hydrogen (secondary N) is 1. The van der Waals surface area contributed by atoms with Gasteiger partial charge in [0.05, 0.1) is 42.0 Å². The van der Waals surface area contributed by atoms with Crippen molar-refractivity contribution in [3.05, 3.63) is 51.4 Å². The second-order valence-electron chi connectivity index (χ2n) is 9.00. The normalized spacial score (nSPS) is 12.1. The van der Waals surface area contributed by atoms with Crippen molar-refractivity contribution >= 4 is 52.8 Å². The number of aromatic nitrogens is 2. The Kier molecular flexibility index (Phi) is 7.59. The number of allylic oxidation sites excluding steroid dienone is 1. The highest BCUT2D eigenvalue weighted by Crippen LogP contribution is 2.44. The summed E-state index contributed by atoms with van der Waals surface area (Å²) in [5.41, 5.74) is 4.91. The molecule has 1 N–H and O–H groups in total. The molecule has 0 unspecified atom stereocenters. The van der Waals surface area contributed by atoms with Gasteiger partial charge in [-0.15, -0.1) is 0 Å². The van der Waals surface area contributed by atoms with Crippen molar-refractivity contribution < 1.29 is 19.1 Å². The van der Waals surface area contributed by atoms with E-state index in [2.05, 4.69) is 5.32 Å². The highest BCUT2D eigenvalue weighted by Gasteiger charge is 2.35. The quantitative estimate of drug-likeness (QED) is 0.472.